The molecule has 6 nitrogen and oxygen atoms in total. The first-order chi connectivity index (χ1) is 15.1. The van der Waals surface area contributed by atoms with Gasteiger partial charge in [0.25, 0.3) is 0 Å². The second-order valence-electron chi connectivity index (χ2n) is 8.59. The van der Waals surface area contributed by atoms with E-state index in [1.165, 1.54) is 18.4 Å². The molecule has 1 saturated carbocycles. The molecule has 2 aromatic carbocycles. The Labute approximate surface area is 184 Å². The molecule has 0 radical (unpaired) electrons. The zero-order chi connectivity index (χ0) is 21.6. The van der Waals surface area contributed by atoms with Crippen LogP contribution in [0.5, 0.6) is 0 Å². The van der Waals surface area contributed by atoms with E-state index in [2.05, 4.69) is 28.8 Å². The summed E-state index contributed by atoms with van der Waals surface area (Å²) < 4.78 is 0. The second kappa shape index (κ2) is 9.76. The van der Waals surface area contributed by atoms with Gasteiger partial charge in [0.05, 0.1) is 17.1 Å². The maximum atomic E-state index is 9.03. The van der Waals surface area contributed by atoms with Crippen molar-refractivity contribution in [2.24, 2.45) is 5.92 Å². The molecule has 0 spiro atoms. The van der Waals surface area contributed by atoms with E-state index in [1.807, 2.05) is 55.4 Å². The molecule has 0 unspecified atom stereocenters. The van der Waals surface area contributed by atoms with Crippen LogP contribution in [0.2, 0.25) is 0 Å². The van der Waals surface area contributed by atoms with Crippen LogP contribution in [0, 0.1) is 17.2 Å². The average Bonchev–Trinajstić information content (AvgIpc) is 2.80. The molecule has 4 rings (SSSR count). The smallest absolute Gasteiger partial charge is 0.225 e. The molecule has 160 valence electrons. The van der Waals surface area contributed by atoms with Crippen LogP contribution >= 0.6 is 0 Å². The zero-order valence-corrected chi connectivity index (χ0v) is 18.3. The number of hydrogen-bond acceptors (Lipinski definition) is 6. The number of nitrogens with one attached hydrogen (secondary N) is 2. The van der Waals surface area contributed by atoms with E-state index in [0.717, 1.165) is 54.2 Å². The minimum Gasteiger partial charge on any atom is -0.362 e. The number of hydrogen-bond donors (Lipinski definition) is 2. The van der Waals surface area contributed by atoms with Crippen molar-refractivity contribution in [2.45, 2.75) is 38.3 Å². The second-order valence-corrected chi connectivity index (χ2v) is 8.59. The first-order valence-electron chi connectivity index (χ1n) is 11.0. The van der Waals surface area contributed by atoms with Crippen molar-refractivity contribution in [1.82, 2.24) is 15.3 Å². The van der Waals surface area contributed by atoms with Crippen LogP contribution in [-0.4, -0.2) is 36.6 Å². The Bertz CT molecular complexity index is 1060. The normalized spacial score (nSPS) is 18.5. The van der Waals surface area contributed by atoms with E-state index in [9.17, 15) is 0 Å². The Morgan fingerprint density at radius 2 is 1.84 bits per heavy atom. The van der Waals surface area contributed by atoms with E-state index in [1.54, 1.807) is 0 Å². The molecule has 0 atom stereocenters. The predicted molar refractivity (Wildman–Crippen MR) is 126 cm³/mol. The van der Waals surface area contributed by atoms with Crippen LogP contribution in [0.3, 0.4) is 0 Å². The third kappa shape index (κ3) is 5.31. The highest BCUT2D eigenvalue weighted by Crippen LogP contribution is 2.28. The third-order valence-electron chi connectivity index (χ3n) is 6.00. The Balaban J connectivity index is 1.29. The quantitative estimate of drug-likeness (QED) is 0.599. The molecule has 1 aromatic heterocycles. The molecular weight excluding hydrogens is 384 g/mol. The average molecular weight is 415 g/mol. The fourth-order valence-corrected chi connectivity index (χ4v) is 4.33. The number of anilines is 2. The lowest BCUT2D eigenvalue weighted by Crippen LogP contribution is -2.31. The fraction of sp³-hybridized carbons (Fsp3) is 0.400. The van der Waals surface area contributed by atoms with E-state index in [0.29, 0.717) is 12.0 Å². The van der Waals surface area contributed by atoms with Gasteiger partial charge >= 0.3 is 0 Å². The summed E-state index contributed by atoms with van der Waals surface area (Å²) in [5.41, 5.74) is 2.86. The minimum absolute atomic E-state index is 0.416. The molecule has 2 N–H and O–H groups in total. The van der Waals surface area contributed by atoms with Gasteiger partial charge < -0.3 is 15.5 Å². The van der Waals surface area contributed by atoms with Gasteiger partial charge in [-0.3, -0.25) is 0 Å². The molecule has 1 aliphatic carbocycles. The molecule has 0 aliphatic heterocycles. The number of nitriles is 1. The summed E-state index contributed by atoms with van der Waals surface area (Å²) in [6.45, 7) is 1.83. The number of rotatable bonds is 7. The van der Waals surface area contributed by atoms with Crippen molar-refractivity contribution in [1.29, 1.82) is 5.26 Å². The fourth-order valence-electron chi connectivity index (χ4n) is 4.33. The maximum Gasteiger partial charge on any atom is 0.225 e. The van der Waals surface area contributed by atoms with Crippen molar-refractivity contribution in [3.05, 3.63) is 59.7 Å². The first kappa shape index (κ1) is 21.1. The van der Waals surface area contributed by atoms with Crippen molar-refractivity contribution in [2.75, 3.05) is 30.9 Å². The van der Waals surface area contributed by atoms with Crippen molar-refractivity contribution in [3.63, 3.8) is 0 Å². The summed E-state index contributed by atoms with van der Waals surface area (Å²) in [5.74, 6) is 2.36. The van der Waals surface area contributed by atoms with Crippen molar-refractivity contribution in [3.8, 4) is 6.07 Å². The Morgan fingerprint density at radius 3 is 2.61 bits per heavy atom. The van der Waals surface area contributed by atoms with Gasteiger partial charge in [-0.05, 0) is 68.0 Å². The van der Waals surface area contributed by atoms with Gasteiger partial charge in [0.1, 0.15) is 5.82 Å². The zero-order valence-electron chi connectivity index (χ0n) is 18.3. The number of nitrogens with zero attached hydrogens (tertiary/aromatic N) is 4. The molecule has 3 aromatic rings. The van der Waals surface area contributed by atoms with Gasteiger partial charge in [-0.25, -0.2) is 4.98 Å². The Kier molecular flexibility index (Phi) is 6.63. The molecule has 1 aliphatic rings. The van der Waals surface area contributed by atoms with Gasteiger partial charge in [-0.2, -0.15) is 10.2 Å². The topological polar surface area (TPSA) is 76.9 Å². The highest BCUT2D eigenvalue weighted by Gasteiger charge is 2.22. The summed E-state index contributed by atoms with van der Waals surface area (Å²) in [6, 6.07) is 18.6. The minimum atomic E-state index is 0.416. The first-order valence-corrected chi connectivity index (χ1v) is 11.0. The molecule has 0 amide bonds. The summed E-state index contributed by atoms with van der Waals surface area (Å²) in [4.78, 5) is 11.6. The third-order valence-corrected chi connectivity index (χ3v) is 6.00. The summed E-state index contributed by atoms with van der Waals surface area (Å²) in [7, 11) is 4.04. The van der Waals surface area contributed by atoms with Crippen LogP contribution in [0.4, 0.5) is 11.8 Å². The van der Waals surface area contributed by atoms with E-state index >= 15 is 0 Å². The van der Waals surface area contributed by atoms with E-state index in [-0.39, 0.29) is 0 Å². The number of para-hydroxylation sites is 1. The SMILES string of the molecule is CN(C)c1nc(N[C@H]2CC[C@@H](CNCc3cccc(C#N)c3)CC2)nc2ccccc12. The maximum absolute atomic E-state index is 9.03. The molecule has 1 fully saturated rings. The van der Waals surface area contributed by atoms with Crippen LogP contribution < -0.4 is 15.5 Å². The Morgan fingerprint density at radius 1 is 1.03 bits per heavy atom. The highest BCUT2D eigenvalue weighted by atomic mass is 15.2. The summed E-state index contributed by atoms with van der Waals surface area (Å²) in [6.07, 6.45) is 4.64. The molecule has 1 heterocycles. The van der Waals surface area contributed by atoms with Gasteiger partial charge in [0, 0.05) is 32.1 Å². The number of benzene rings is 2. The molecule has 0 bridgehead atoms. The van der Waals surface area contributed by atoms with Crippen molar-refractivity contribution < 1.29 is 0 Å². The largest absolute Gasteiger partial charge is 0.362 e. The predicted octanol–water partition coefficient (Wildman–Crippen LogP) is 4.33. The molecule has 6 heteroatoms. The van der Waals surface area contributed by atoms with E-state index < -0.39 is 0 Å². The molecule has 0 saturated heterocycles. The highest BCUT2D eigenvalue weighted by molar-refractivity contribution is 5.90. The lowest BCUT2D eigenvalue weighted by Gasteiger charge is -2.29. The van der Waals surface area contributed by atoms with Crippen molar-refractivity contribution >= 4 is 22.7 Å². The monoisotopic (exact) mass is 414 g/mol. The standard InChI is InChI=1S/C25H30N6/c1-31(2)24-22-8-3-4-9-23(22)29-25(30-24)28-21-12-10-18(11-13-21)16-27-17-20-7-5-6-19(14-20)15-26/h3-9,14,18,21,27H,10-13,16-17H2,1-2H3,(H,28,29,30)/t18-,21+. The van der Waals surface area contributed by atoms with Crippen LogP contribution in [0.15, 0.2) is 48.5 Å². The number of aromatic nitrogens is 2. The Hall–Kier alpha value is -3.17. The van der Waals surface area contributed by atoms with Crippen LogP contribution in [0.25, 0.3) is 10.9 Å². The number of fused-ring (bicyclic) bond motifs is 1. The van der Waals surface area contributed by atoms with Gasteiger partial charge in [0.15, 0.2) is 0 Å². The molecular formula is C25H30N6. The summed E-state index contributed by atoms with van der Waals surface area (Å²) >= 11 is 0. The van der Waals surface area contributed by atoms with Gasteiger partial charge in [0.2, 0.25) is 5.95 Å². The van der Waals surface area contributed by atoms with E-state index in [4.69, 9.17) is 15.2 Å². The molecule has 31 heavy (non-hydrogen) atoms. The summed E-state index contributed by atoms with van der Waals surface area (Å²) in [5, 5.41) is 17.3. The lowest BCUT2D eigenvalue weighted by molar-refractivity contribution is 0.324. The van der Waals surface area contributed by atoms with Gasteiger partial charge in [-0.15, -0.1) is 0 Å². The van der Waals surface area contributed by atoms with Crippen LogP contribution in [0.1, 0.15) is 36.8 Å². The lowest BCUT2D eigenvalue weighted by atomic mass is 9.86. The van der Waals surface area contributed by atoms with Crippen LogP contribution in [-0.2, 0) is 6.54 Å². The van der Waals surface area contributed by atoms with Gasteiger partial charge in [-0.1, -0.05) is 24.3 Å².